The van der Waals surface area contributed by atoms with Crippen LogP contribution in [-0.4, -0.2) is 18.6 Å². The van der Waals surface area contributed by atoms with Gasteiger partial charge in [-0.3, -0.25) is 4.90 Å². The predicted molar refractivity (Wildman–Crippen MR) is 90.2 cm³/mol. The number of rotatable bonds is 4. The van der Waals surface area contributed by atoms with E-state index >= 15 is 0 Å². The van der Waals surface area contributed by atoms with Crippen molar-refractivity contribution >= 4 is 0 Å². The normalized spacial score (nSPS) is 18.9. The van der Waals surface area contributed by atoms with E-state index in [1.54, 1.807) is 13.2 Å². The Balaban J connectivity index is 1.90. The van der Waals surface area contributed by atoms with Crippen LogP contribution in [0, 0.1) is 0 Å². The standard InChI is InChI=1S/C19H21F3N2O/c1-12(13-4-7-16(25-2)8-5-13)24-11-14-3-6-15(19(20,21)22)9-17(14)18(24)10-23/h3-9,12,18H,10-11,23H2,1-2H3. The number of alkyl halides is 3. The monoisotopic (exact) mass is 350 g/mol. The van der Waals surface area contributed by atoms with Gasteiger partial charge in [-0.05, 0) is 47.9 Å². The summed E-state index contributed by atoms with van der Waals surface area (Å²) in [7, 11) is 1.61. The molecule has 2 unspecified atom stereocenters. The van der Waals surface area contributed by atoms with E-state index in [4.69, 9.17) is 10.5 Å². The highest BCUT2D eigenvalue weighted by molar-refractivity contribution is 5.40. The zero-order valence-electron chi connectivity index (χ0n) is 14.2. The van der Waals surface area contributed by atoms with Crippen LogP contribution in [0.3, 0.4) is 0 Å². The van der Waals surface area contributed by atoms with Gasteiger partial charge in [-0.15, -0.1) is 0 Å². The summed E-state index contributed by atoms with van der Waals surface area (Å²) in [5, 5.41) is 0. The van der Waals surface area contributed by atoms with Gasteiger partial charge in [0.15, 0.2) is 0 Å². The Labute approximate surface area is 145 Å². The second-order valence-electron chi connectivity index (χ2n) is 6.28. The second-order valence-corrected chi connectivity index (χ2v) is 6.28. The lowest BCUT2D eigenvalue weighted by molar-refractivity contribution is -0.137. The molecule has 3 rings (SSSR count). The third-order valence-corrected chi connectivity index (χ3v) is 4.90. The Bertz CT molecular complexity index is 743. The highest BCUT2D eigenvalue weighted by atomic mass is 19.4. The lowest BCUT2D eigenvalue weighted by Crippen LogP contribution is -2.30. The summed E-state index contributed by atoms with van der Waals surface area (Å²) < 4.78 is 44.2. The SMILES string of the molecule is COc1ccc(C(C)N2Cc3ccc(C(F)(F)F)cc3C2CN)cc1. The zero-order chi connectivity index (χ0) is 18.2. The van der Waals surface area contributed by atoms with Crippen LogP contribution in [0.5, 0.6) is 5.75 Å². The predicted octanol–water partition coefficient (Wildman–Crippen LogP) is 4.29. The first-order chi connectivity index (χ1) is 11.8. The van der Waals surface area contributed by atoms with Crippen LogP contribution in [0.2, 0.25) is 0 Å². The van der Waals surface area contributed by atoms with Crippen LogP contribution in [0.4, 0.5) is 13.2 Å². The number of halogens is 3. The molecule has 134 valence electrons. The summed E-state index contributed by atoms with van der Waals surface area (Å²) in [6.45, 7) is 2.90. The Morgan fingerprint density at radius 3 is 2.44 bits per heavy atom. The summed E-state index contributed by atoms with van der Waals surface area (Å²) in [5.74, 6) is 0.769. The van der Waals surface area contributed by atoms with E-state index in [2.05, 4.69) is 4.90 Å². The number of benzene rings is 2. The fraction of sp³-hybridized carbons (Fsp3) is 0.368. The van der Waals surface area contributed by atoms with Crippen LogP contribution in [-0.2, 0) is 12.7 Å². The minimum Gasteiger partial charge on any atom is -0.497 e. The van der Waals surface area contributed by atoms with E-state index in [9.17, 15) is 13.2 Å². The second kappa shape index (κ2) is 6.69. The Kier molecular flexibility index (Phi) is 4.75. The highest BCUT2D eigenvalue weighted by Gasteiger charge is 2.37. The van der Waals surface area contributed by atoms with E-state index in [-0.39, 0.29) is 18.6 Å². The van der Waals surface area contributed by atoms with E-state index in [0.29, 0.717) is 12.1 Å². The average molecular weight is 350 g/mol. The summed E-state index contributed by atoms with van der Waals surface area (Å²) in [6.07, 6.45) is -4.34. The lowest BCUT2D eigenvalue weighted by Gasteiger charge is -2.30. The third kappa shape index (κ3) is 3.37. The number of nitrogens with zero attached hydrogens (tertiary/aromatic N) is 1. The van der Waals surface area contributed by atoms with Gasteiger partial charge >= 0.3 is 6.18 Å². The van der Waals surface area contributed by atoms with Crippen molar-refractivity contribution in [1.82, 2.24) is 4.90 Å². The summed E-state index contributed by atoms with van der Waals surface area (Å²) >= 11 is 0. The van der Waals surface area contributed by atoms with Crippen LogP contribution in [0.25, 0.3) is 0 Å². The summed E-state index contributed by atoms with van der Waals surface area (Å²) in [5.41, 5.74) is 7.95. The minimum atomic E-state index is -4.34. The zero-order valence-corrected chi connectivity index (χ0v) is 14.2. The van der Waals surface area contributed by atoms with Crippen molar-refractivity contribution in [2.24, 2.45) is 5.73 Å². The Hall–Kier alpha value is -2.05. The first-order valence-electron chi connectivity index (χ1n) is 8.15. The van der Waals surface area contributed by atoms with E-state index < -0.39 is 11.7 Å². The first-order valence-corrected chi connectivity index (χ1v) is 8.15. The van der Waals surface area contributed by atoms with Gasteiger partial charge < -0.3 is 10.5 Å². The number of fused-ring (bicyclic) bond motifs is 1. The molecule has 2 aromatic rings. The molecule has 2 N–H and O–H groups in total. The number of methoxy groups -OCH3 is 1. The molecule has 6 heteroatoms. The topological polar surface area (TPSA) is 38.5 Å². The van der Waals surface area contributed by atoms with Gasteiger partial charge in [0.05, 0.1) is 12.7 Å². The molecule has 0 fully saturated rings. The summed E-state index contributed by atoms with van der Waals surface area (Å²) in [4.78, 5) is 2.15. The maximum absolute atomic E-state index is 13.0. The quantitative estimate of drug-likeness (QED) is 0.894. The molecular weight excluding hydrogens is 329 g/mol. The van der Waals surface area contributed by atoms with Crippen LogP contribution in [0.1, 0.15) is 41.3 Å². The maximum Gasteiger partial charge on any atom is 0.416 e. The fourth-order valence-corrected chi connectivity index (χ4v) is 3.45. The highest BCUT2D eigenvalue weighted by Crippen LogP contribution is 2.41. The van der Waals surface area contributed by atoms with Gasteiger partial charge in [0.2, 0.25) is 0 Å². The molecule has 0 amide bonds. The Morgan fingerprint density at radius 2 is 1.88 bits per heavy atom. The molecule has 0 saturated heterocycles. The van der Waals surface area contributed by atoms with Crippen molar-refractivity contribution in [2.45, 2.75) is 31.7 Å². The lowest BCUT2D eigenvalue weighted by atomic mass is 10.0. The van der Waals surface area contributed by atoms with E-state index in [1.807, 2.05) is 31.2 Å². The molecule has 1 aliphatic heterocycles. The van der Waals surface area contributed by atoms with Gasteiger partial charge in [-0.1, -0.05) is 18.2 Å². The molecule has 0 radical (unpaired) electrons. The molecular formula is C19H21F3N2O. The van der Waals surface area contributed by atoms with Gasteiger partial charge in [0.25, 0.3) is 0 Å². The summed E-state index contributed by atoms with van der Waals surface area (Å²) in [6, 6.07) is 11.5. The molecule has 1 heterocycles. The smallest absolute Gasteiger partial charge is 0.416 e. The van der Waals surface area contributed by atoms with Crippen molar-refractivity contribution in [3.63, 3.8) is 0 Å². The van der Waals surface area contributed by atoms with E-state index in [0.717, 1.165) is 22.9 Å². The molecule has 0 aliphatic carbocycles. The molecule has 0 spiro atoms. The molecule has 3 nitrogen and oxygen atoms in total. The molecule has 2 aromatic carbocycles. The van der Waals surface area contributed by atoms with Crippen molar-refractivity contribution in [2.75, 3.05) is 13.7 Å². The first kappa shape index (κ1) is 17.8. The molecule has 1 aliphatic rings. The van der Waals surface area contributed by atoms with Gasteiger partial charge in [-0.25, -0.2) is 0 Å². The number of nitrogens with two attached hydrogens (primary N) is 1. The van der Waals surface area contributed by atoms with Gasteiger partial charge in [0, 0.05) is 25.2 Å². The van der Waals surface area contributed by atoms with Gasteiger partial charge in [-0.2, -0.15) is 13.2 Å². The third-order valence-electron chi connectivity index (χ3n) is 4.90. The largest absolute Gasteiger partial charge is 0.497 e. The van der Waals surface area contributed by atoms with Crippen LogP contribution < -0.4 is 10.5 Å². The number of ether oxygens (including phenoxy) is 1. The van der Waals surface area contributed by atoms with Gasteiger partial charge in [0.1, 0.15) is 5.75 Å². The number of hydrogen-bond acceptors (Lipinski definition) is 3. The number of hydrogen-bond donors (Lipinski definition) is 1. The van der Waals surface area contributed by atoms with E-state index in [1.165, 1.54) is 6.07 Å². The fourth-order valence-electron chi connectivity index (χ4n) is 3.45. The molecule has 0 bridgehead atoms. The molecule has 2 atom stereocenters. The minimum absolute atomic E-state index is 0.0289. The van der Waals surface area contributed by atoms with Crippen molar-refractivity contribution in [3.05, 3.63) is 64.7 Å². The molecule has 0 aromatic heterocycles. The van der Waals surface area contributed by atoms with Crippen molar-refractivity contribution < 1.29 is 17.9 Å². The van der Waals surface area contributed by atoms with Crippen LogP contribution >= 0.6 is 0 Å². The molecule has 0 saturated carbocycles. The Morgan fingerprint density at radius 1 is 1.20 bits per heavy atom. The average Bonchev–Trinajstić information content (AvgIpc) is 2.98. The van der Waals surface area contributed by atoms with Crippen molar-refractivity contribution in [1.29, 1.82) is 0 Å². The molecule has 25 heavy (non-hydrogen) atoms. The van der Waals surface area contributed by atoms with Crippen molar-refractivity contribution in [3.8, 4) is 5.75 Å². The van der Waals surface area contributed by atoms with Crippen LogP contribution in [0.15, 0.2) is 42.5 Å². The maximum atomic E-state index is 13.0.